The summed E-state index contributed by atoms with van der Waals surface area (Å²) in [6, 6.07) is 0. The van der Waals surface area contributed by atoms with Crippen LogP contribution < -0.4 is 0 Å². The predicted octanol–water partition coefficient (Wildman–Crippen LogP) is 3.14. The van der Waals surface area contributed by atoms with Crippen LogP contribution in [0.4, 0.5) is 0 Å². The average Bonchev–Trinajstić information content (AvgIpc) is 2.03. The van der Waals surface area contributed by atoms with Crippen molar-refractivity contribution < 1.29 is 5.11 Å². The molecule has 0 bridgehead atoms. The van der Waals surface area contributed by atoms with E-state index in [0.29, 0.717) is 12.3 Å². The van der Waals surface area contributed by atoms with Crippen LogP contribution in [0.2, 0.25) is 0 Å². The summed E-state index contributed by atoms with van der Waals surface area (Å²) in [6.45, 7) is 6.38. The van der Waals surface area contributed by atoms with Crippen molar-refractivity contribution in [3.63, 3.8) is 0 Å². The maximum atomic E-state index is 9.47. The molecule has 0 amide bonds. The van der Waals surface area contributed by atoms with Crippen molar-refractivity contribution in [3.05, 3.63) is 11.6 Å². The van der Waals surface area contributed by atoms with Crippen molar-refractivity contribution in [2.45, 2.75) is 52.6 Å². The van der Waals surface area contributed by atoms with Crippen molar-refractivity contribution in [2.24, 2.45) is 5.92 Å². The van der Waals surface area contributed by atoms with E-state index in [1.165, 1.54) is 5.57 Å². The molecule has 0 saturated carbocycles. The molecule has 0 spiro atoms. The van der Waals surface area contributed by atoms with E-state index in [1.54, 1.807) is 0 Å². The number of rotatable bonds is 6. The van der Waals surface area contributed by atoms with E-state index in [-0.39, 0.29) is 6.10 Å². The Labute approximate surface area is 88.2 Å². The Kier molecular flexibility index (Phi) is 7.24. The highest BCUT2D eigenvalue weighted by Gasteiger charge is 2.08. The van der Waals surface area contributed by atoms with E-state index in [9.17, 15) is 5.11 Å². The molecule has 14 heavy (non-hydrogen) atoms. The van der Waals surface area contributed by atoms with Gasteiger partial charge >= 0.3 is 0 Å². The smallest absolute Gasteiger partial charge is 0.0651 e. The van der Waals surface area contributed by atoms with Gasteiger partial charge in [0, 0.05) is 6.42 Å². The second-order valence-electron chi connectivity index (χ2n) is 4.26. The molecular weight excluding hydrogens is 172 g/mol. The SMILES string of the molecule is C#CC[C@H](O)C[C@@H](C)CCC=C(C)C. The van der Waals surface area contributed by atoms with Gasteiger partial charge in [0.1, 0.15) is 0 Å². The third kappa shape index (κ3) is 7.89. The fraction of sp³-hybridized carbons (Fsp3) is 0.692. The molecule has 0 aromatic heterocycles. The molecule has 0 aromatic rings. The Morgan fingerprint density at radius 2 is 2.14 bits per heavy atom. The molecule has 2 atom stereocenters. The van der Waals surface area contributed by atoms with Gasteiger partial charge in [0.15, 0.2) is 0 Å². The molecule has 80 valence electrons. The van der Waals surface area contributed by atoms with Crippen LogP contribution in [0.3, 0.4) is 0 Å². The Balaban J connectivity index is 3.60. The summed E-state index contributed by atoms with van der Waals surface area (Å²) in [5.41, 5.74) is 1.36. The summed E-state index contributed by atoms with van der Waals surface area (Å²) < 4.78 is 0. The van der Waals surface area contributed by atoms with Gasteiger partial charge in [-0.2, -0.15) is 0 Å². The van der Waals surface area contributed by atoms with Crippen LogP contribution in [0, 0.1) is 18.3 Å². The number of terminal acetylenes is 1. The number of aliphatic hydroxyl groups excluding tert-OH is 1. The predicted molar refractivity (Wildman–Crippen MR) is 61.9 cm³/mol. The van der Waals surface area contributed by atoms with E-state index in [2.05, 4.69) is 32.8 Å². The second-order valence-corrected chi connectivity index (χ2v) is 4.26. The first-order valence-electron chi connectivity index (χ1n) is 5.31. The van der Waals surface area contributed by atoms with Crippen LogP contribution in [0.5, 0.6) is 0 Å². The van der Waals surface area contributed by atoms with Crippen molar-refractivity contribution in [1.82, 2.24) is 0 Å². The molecule has 0 aliphatic carbocycles. The first kappa shape index (κ1) is 13.3. The summed E-state index contributed by atoms with van der Waals surface area (Å²) in [4.78, 5) is 0. The zero-order chi connectivity index (χ0) is 11.0. The maximum absolute atomic E-state index is 9.47. The van der Waals surface area contributed by atoms with E-state index < -0.39 is 0 Å². The van der Waals surface area contributed by atoms with Crippen LogP contribution in [-0.2, 0) is 0 Å². The summed E-state index contributed by atoms with van der Waals surface area (Å²) in [7, 11) is 0. The first-order valence-corrected chi connectivity index (χ1v) is 5.31. The molecule has 1 N–H and O–H groups in total. The Morgan fingerprint density at radius 3 is 2.64 bits per heavy atom. The quantitative estimate of drug-likeness (QED) is 0.509. The topological polar surface area (TPSA) is 20.2 Å². The van der Waals surface area contributed by atoms with Gasteiger partial charge in [0.25, 0.3) is 0 Å². The molecule has 0 rings (SSSR count). The lowest BCUT2D eigenvalue weighted by Crippen LogP contribution is -2.10. The van der Waals surface area contributed by atoms with Gasteiger partial charge in [-0.3, -0.25) is 0 Å². The first-order chi connectivity index (χ1) is 6.56. The highest BCUT2D eigenvalue weighted by molar-refractivity contribution is 4.93. The zero-order valence-electron chi connectivity index (χ0n) is 9.59. The lowest BCUT2D eigenvalue weighted by atomic mass is 9.96. The van der Waals surface area contributed by atoms with Gasteiger partial charge in [-0.05, 0) is 39.0 Å². The van der Waals surface area contributed by atoms with Crippen molar-refractivity contribution >= 4 is 0 Å². The molecular formula is C13H22O. The standard InChI is InChI=1S/C13H22O/c1-5-7-13(14)10-12(4)9-6-8-11(2)3/h1,8,12-14H,6-7,9-10H2,2-4H3/t12-,13-/m0/s1. The van der Waals surface area contributed by atoms with Crippen molar-refractivity contribution in [1.29, 1.82) is 0 Å². The van der Waals surface area contributed by atoms with Crippen molar-refractivity contribution in [2.75, 3.05) is 0 Å². The average molecular weight is 194 g/mol. The minimum atomic E-state index is -0.318. The van der Waals surface area contributed by atoms with Gasteiger partial charge in [-0.15, -0.1) is 12.3 Å². The number of aliphatic hydroxyl groups is 1. The Hall–Kier alpha value is -0.740. The summed E-state index contributed by atoms with van der Waals surface area (Å²) in [5.74, 6) is 3.04. The van der Waals surface area contributed by atoms with Gasteiger partial charge < -0.3 is 5.11 Å². The molecule has 0 aliphatic rings. The maximum Gasteiger partial charge on any atom is 0.0651 e. The van der Waals surface area contributed by atoms with E-state index in [4.69, 9.17) is 6.42 Å². The minimum absolute atomic E-state index is 0.318. The highest BCUT2D eigenvalue weighted by atomic mass is 16.3. The summed E-state index contributed by atoms with van der Waals surface area (Å²) in [5, 5.41) is 9.47. The monoisotopic (exact) mass is 194 g/mol. The normalized spacial score (nSPS) is 14.2. The molecule has 0 saturated heterocycles. The molecule has 0 aromatic carbocycles. The fourth-order valence-electron chi connectivity index (χ4n) is 1.46. The van der Waals surface area contributed by atoms with Crippen LogP contribution in [0.25, 0.3) is 0 Å². The number of allylic oxidation sites excluding steroid dienone is 2. The fourth-order valence-corrected chi connectivity index (χ4v) is 1.46. The molecule has 0 heterocycles. The van der Waals surface area contributed by atoms with Crippen LogP contribution in [0.15, 0.2) is 11.6 Å². The lowest BCUT2D eigenvalue weighted by Gasteiger charge is -2.13. The third-order valence-corrected chi connectivity index (χ3v) is 2.24. The molecule has 1 nitrogen and oxygen atoms in total. The molecule has 0 aliphatic heterocycles. The van der Waals surface area contributed by atoms with Crippen LogP contribution >= 0.6 is 0 Å². The van der Waals surface area contributed by atoms with Crippen LogP contribution in [-0.4, -0.2) is 11.2 Å². The van der Waals surface area contributed by atoms with Gasteiger partial charge in [0.05, 0.1) is 6.10 Å². The minimum Gasteiger partial charge on any atom is -0.392 e. The second kappa shape index (κ2) is 7.64. The van der Waals surface area contributed by atoms with Gasteiger partial charge in [-0.1, -0.05) is 18.6 Å². The Morgan fingerprint density at radius 1 is 1.50 bits per heavy atom. The Bertz CT molecular complexity index is 206. The molecule has 0 radical (unpaired) electrons. The van der Waals surface area contributed by atoms with Gasteiger partial charge in [0.2, 0.25) is 0 Å². The zero-order valence-corrected chi connectivity index (χ0v) is 9.59. The van der Waals surface area contributed by atoms with E-state index in [0.717, 1.165) is 19.3 Å². The third-order valence-electron chi connectivity index (χ3n) is 2.24. The van der Waals surface area contributed by atoms with Crippen molar-refractivity contribution in [3.8, 4) is 12.3 Å². The number of hydrogen-bond acceptors (Lipinski definition) is 1. The van der Waals surface area contributed by atoms with Gasteiger partial charge in [-0.25, -0.2) is 0 Å². The van der Waals surface area contributed by atoms with Crippen LogP contribution in [0.1, 0.15) is 46.5 Å². The highest BCUT2D eigenvalue weighted by Crippen LogP contribution is 2.15. The molecule has 1 heteroatoms. The molecule has 0 fully saturated rings. The summed E-state index contributed by atoms with van der Waals surface area (Å²) >= 11 is 0. The number of hydrogen-bond donors (Lipinski definition) is 1. The molecule has 0 unspecified atom stereocenters. The van der Waals surface area contributed by atoms with E-state index in [1.807, 2.05) is 0 Å². The largest absolute Gasteiger partial charge is 0.392 e. The lowest BCUT2D eigenvalue weighted by molar-refractivity contribution is 0.148. The van der Waals surface area contributed by atoms with E-state index >= 15 is 0 Å². The summed E-state index contributed by atoms with van der Waals surface area (Å²) in [6.07, 6.45) is 10.6.